The van der Waals surface area contributed by atoms with Crippen LogP contribution in [-0.4, -0.2) is 0 Å². The minimum atomic E-state index is -0.0139. The van der Waals surface area contributed by atoms with Crippen LogP contribution in [0.5, 0.6) is 0 Å². The van der Waals surface area contributed by atoms with Gasteiger partial charge in [0, 0.05) is 0 Å². The SMILES string of the molecule is Cc1ccc(CC2(C#N)CC2)c(C)c1. The van der Waals surface area contributed by atoms with E-state index in [4.69, 9.17) is 5.26 Å². The number of hydrogen-bond donors (Lipinski definition) is 0. The molecule has 2 rings (SSSR count). The molecule has 14 heavy (non-hydrogen) atoms. The third-order valence-corrected chi connectivity index (χ3v) is 3.12. The van der Waals surface area contributed by atoms with Gasteiger partial charge in [-0.1, -0.05) is 23.8 Å². The molecule has 0 aromatic heterocycles. The Morgan fingerprint density at radius 2 is 2.07 bits per heavy atom. The highest BCUT2D eigenvalue weighted by Gasteiger charge is 2.43. The van der Waals surface area contributed by atoms with Crippen molar-refractivity contribution in [1.29, 1.82) is 5.26 Å². The molecular formula is C13H15N. The van der Waals surface area contributed by atoms with Crippen molar-refractivity contribution in [3.8, 4) is 6.07 Å². The molecule has 0 heterocycles. The summed E-state index contributed by atoms with van der Waals surface area (Å²) in [5.41, 5.74) is 3.95. The molecule has 1 aromatic carbocycles. The second-order valence-electron chi connectivity index (χ2n) is 4.50. The Labute approximate surface area is 85.4 Å². The second kappa shape index (κ2) is 3.13. The van der Waals surface area contributed by atoms with Crippen LogP contribution in [-0.2, 0) is 6.42 Å². The molecule has 1 aliphatic carbocycles. The Hall–Kier alpha value is -1.29. The molecule has 72 valence electrons. The smallest absolute Gasteiger partial charge is 0.0693 e. The van der Waals surface area contributed by atoms with Gasteiger partial charge >= 0.3 is 0 Å². The molecule has 1 aliphatic rings. The van der Waals surface area contributed by atoms with E-state index in [1.165, 1.54) is 16.7 Å². The van der Waals surface area contributed by atoms with Gasteiger partial charge in [0.05, 0.1) is 11.5 Å². The van der Waals surface area contributed by atoms with Gasteiger partial charge in [-0.3, -0.25) is 0 Å². The largest absolute Gasteiger partial charge is 0.198 e. The molecule has 0 N–H and O–H groups in total. The lowest BCUT2D eigenvalue weighted by Crippen LogP contribution is -2.03. The number of nitrogens with zero attached hydrogens (tertiary/aromatic N) is 1. The van der Waals surface area contributed by atoms with Crippen molar-refractivity contribution in [2.24, 2.45) is 5.41 Å². The molecule has 1 nitrogen and oxygen atoms in total. The number of nitriles is 1. The van der Waals surface area contributed by atoms with Crippen molar-refractivity contribution in [3.63, 3.8) is 0 Å². The molecule has 0 saturated heterocycles. The summed E-state index contributed by atoms with van der Waals surface area (Å²) in [7, 11) is 0. The first-order chi connectivity index (χ1) is 6.65. The van der Waals surface area contributed by atoms with Crippen molar-refractivity contribution < 1.29 is 0 Å². The summed E-state index contributed by atoms with van der Waals surface area (Å²) in [6.07, 6.45) is 3.10. The van der Waals surface area contributed by atoms with Gasteiger partial charge < -0.3 is 0 Å². The molecule has 1 saturated carbocycles. The number of hydrogen-bond acceptors (Lipinski definition) is 1. The monoisotopic (exact) mass is 185 g/mol. The van der Waals surface area contributed by atoms with Crippen molar-refractivity contribution in [2.75, 3.05) is 0 Å². The van der Waals surface area contributed by atoms with Crippen LogP contribution in [0.2, 0.25) is 0 Å². The van der Waals surface area contributed by atoms with Crippen LogP contribution in [0, 0.1) is 30.6 Å². The van der Waals surface area contributed by atoms with Crippen molar-refractivity contribution in [2.45, 2.75) is 33.1 Å². The van der Waals surface area contributed by atoms with E-state index in [-0.39, 0.29) is 5.41 Å². The van der Waals surface area contributed by atoms with Crippen LogP contribution in [0.25, 0.3) is 0 Å². The standard InChI is InChI=1S/C13H15N/c1-10-3-4-12(11(2)7-10)8-13(9-14)5-6-13/h3-4,7H,5-6,8H2,1-2H3. The molecule has 0 amide bonds. The minimum absolute atomic E-state index is 0.0139. The summed E-state index contributed by atoms with van der Waals surface area (Å²) in [4.78, 5) is 0. The average molecular weight is 185 g/mol. The van der Waals surface area contributed by atoms with Crippen molar-refractivity contribution >= 4 is 0 Å². The molecule has 1 fully saturated rings. The maximum atomic E-state index is 9.01. The Morgan fingerprint density at radius 3 is 2.57 bits per heavy atom. The van der Waals surface area contributed by atoms with Crippen LogP contribution in [0.15, 0.2) is 18.2 Å². The van der Waals surface area contributed by atoms with Crippen molar-refractivity contribution in [1.82, 2.24) is 0 Å². The third kappa shape index (κ3) is 1.65. The third-order valence-electron chi connectivity index (χ3n) is 3.12. The quantitative estimate of drug-likeness (QED) is 0.694. The van der Waals surface area contributed by atoms with E-state index in [9.17, 15) is 0 Å². The van der Waals surface area contributed by atoms with Gasteiger partial charge in [-0.15, -0.1) is 0 Å². The fraction of sp³-hybridized carbons (Fsp3) is 0.462. The van der Waals surface area contributed by atoms with E-state index in [1.807, 2.05) is 0 Å². The molecule has 0 spiro atoms. The van der Waals surface area contributed by atoms with Crippen LogP contribution < -0.4 is 0 Å². The summed E-state index contributed by atoms with van der Waals surface area (Å²) in [5.74, 6) is 0. The molecule has 0 atom stereocenters. The second-order valence-corrected chi connectivity index (χ2v) is 4.50. The van der Waals surface area contributed by atoms with Gasteiger partial charge in [0.15, 0.2) is 0 Å². The molecule has 0 unspecified atom stereocenters. The fourth-order valence-corrected chi connectivity index (χ4v) is 1.89. The van der Waals surface area contributed by atoms with Gasteiger partial charge in [0.2, 0.25) is 0 Å². The van der Waals surface area contributed by atoms with Crippen molar-refractivity contribution in [3.05, 3.63) is 34.9 Å². The highest BCUT2D eigenvalue weighted by molar-refractivity contribution is 5.33. The summed E-state index contributed by atoms with van der Waals surface area (Å²) < 4.78 is 0. The summed E-state index contributed by atoms with van der Waals surface area (Å²) in [5, 5.41) is 9.01. The molecule has 1 heteroatoms. The zero-order valence-electron chi connectivity index (χ0n) is 8.80. The Balaban J connectivity index is 2.22. The lowest BCUT2D eigenvalue weighted by Gasteiger charge is -2.09. The van der Waals surface area contributed by atoms with Crippen LogP contribution >= 0.6 is 0 Å². The van der Waals surface area contributed by atoms with Gasteiger partial charge in [-0.25, -0.2) is 0 Å². The average Bonchev–Trinajstić information content (AvgIpc) is 2.91. The maximum Gasteiger partial charge on any atom is 0.0693 e. The van der Waals surface area contributed by atoms with Gasteiger partial charge in [-0.05, 0) is 44.2 Å². The lowest BCUT2D eigenvalue weighted by atomic mass is 9.94. The zero-order chi connectivity index (χ0) is 10.2. The first-order valence-electron chi connectivity index (χ1n) is 5.13. The van der Waals surface area contributed by atoms with E-state index in [0.717, 1.165) is 19.3 Å². The lowest BCUT2D eigenvalue weighted by molar-refractivity contribution is 0.662. The van der Waals surface area contributed by atoms with E-state index >= 15 is 0 Å². The number of rotatable bonds is 2. The fourth-order valence-electron chi connectivity index (χ4n) is 1.89. The number of benzene rings is 1. The van der Waals surface area contributed by atoms with E-state index in [2.05, 4.69) is 38.1 Å². The first-order valence-corrected chi connectivity index (χ1v) is 5.13. The maximum absolute atomic E-state index is 9.01. The first kappa shape index (κ1) is 9.27. The van der Waals surface area contributed by atoms with Crippen LogP contribution in [0.3, 0.4) is 0 Å². The molecule has 1 aromatic rings. The molecular weight excluding hydrogens is 170 g/mol. The summed E-state index contributed by atoms with van der Waals surface area (Å²) >= 11 is 0. The summed E-state index contributed by atoms with van der Waals surface area (Å²) in [6.45, 7) is 4.24. The summed E-state index contributed by atoms with van der Waals surface area (Å²) in [6, 6.07) is 8.94. The Morgan fingerprint density at radius 1 is 1.36 bits per heavy atom. The predicted octanol–water partition coefficient (Wildman–Crippen LogP) is 3.15. The Kier molecular flexibility index (Phi) is 2.07. The van der Waals surface area contributed by atoms with E-state index in [1.54, 1.807) is 0 Å². The molecule has 0 aliphatic heterocycles. The molecule has 0 bridgehead atoms. The topological polar surface area (TPSA) is 23.8 Å². The van der Waals surface area contributed by atoms with E-state index < -0.39 is 0 Å². The van der Waals surface area contributed by atoms with Gasteiger partial charge in [-0.2, -0.15) is 5.26 Å². The van der Waals surface area contributed by atoms with Crippen LogP contribution in [0.4, 0.5) is 0 Å². The van der Waals surface area contributed by atoms with Gasteiger partial charge in [0.1, 0.15) is 0 Å². The minimum Gasteiger partial charge on any atom is -0.198 e. The van der Waals surface area contributed by atoms with E-state index in [0.29, 0.717) is 0 Å². The normalized spacial score (nSPS) is 17.5. The van der Waals surface area contributed by atoms with Gasteiger partial charge in [0.25, 0.3) is 0 Å². The highest BCUT2D eigenvalue weighted by atomic mass is 14.5. The highest BCUT2D eigenvalue weighted by Crippen LogP contribution is 2.47. The Bertz CT molecular complexity index is 394. The van der Waals surface area contributed by atoms with Crippen LogP contribution in [0.1, 0.15) is 29.5 Å². The zero-order valence-corrected chi connectivity index (χ0v) is 8.80. The molecule has 0 radical (unpaired) electrons. The predicted molar refractivity (Wildman–Crippen MR) is 56.9 cm³/mol. The number of aryl methyl sites for hydroxylation is 2.